The molecule has 0 amide bonds. The van der Waals surface area contributed by atoms with Gasteiger partial charge in [0.05, 0.1) is 21.3 Å². The Hall–Kier alpha value is -3.47. The fourth-order valence-electron chi connectivity index (χ4n) is 3.06. The molecule has 5 nitrogen and oxygen atoms in total. The summed E-state index contributed by atoms with van der Waals surface area (Å²) in [4.78, 5) is 12.4. The molecule has 0 aliphatic carbocycles. The van der Waals surface area contributed by atoms with Gasteiger partial charge in [0.1, 0.15) is 29.4 Å². The Bertz CT molecular complexity index is 993. The smallest absolute Gasteiger partial charge is 0.341 e. The SMILES string of the molecule is COC(=O)c1cc(-c2ccc(OC)cc2C)ccc1OCc1ccc(OC)cc1. The van der Waals surface area contributed by atoms with Crippen molar-refractivity contribution >= 4 is 5.97 Å². The number of hydrogen-bond acceptors (Lipinski definition) is 5. The van der Waals surface area contributed by atoms with Crippen LogP contribution in [0.25, 0.3) is 11.1 Å². The van der Waals surface area contributed by atoms with E-state index in [9.17, 15) is 4.79 Å². The highest BCUT2D eigenvalue weighted by Gasteiger charge is 2.16. The molecule has 0 aromatic heterocycles. The molecular formula is C24H24O5. The zero-order chi connectivity index (χ0) is 20.8. The molecule has 0 fully saturated rings. The number of carbonyl (C=O) groups excluding carboxylic acids is 1. The van der Waals surface area contributed by atoms with E-state index in [0.717, 1.165) is 33.8 Å². The molecule has 0 aliphatic heterocycles. The van der Waals surface area contributed by atoms with Crippen molar-refractivity contribution < 1.29 is 23.7 Å². The van der Waals surface area contributed by atoms with E-state index in [1.54, 1.807) is 26.4 Å². The van der Waals surface area contributed by atoms with Crippen molar-refractivity contribution in [2.45, 2.75) is 13.5 Å². The van der Waals surface area contributed by atoms with E-state index in [1.165, 1.54) is 7.11 Å². The van der Waals surface area contributed by atoms with E-state index in [-0.39, 0.29) is 0 Å². The molecule has 0 aliphatic rings. The summed E-state index contributed by atoms with van der Waals surface area (Å²) in [6, 6.07) is 18.9. The summed E-state index contributed by atoms with van der Waals surface area (Å²) in [5, 5.41) is 0. The first-order valence-corrected chi connectivity index (χ1v) is 9.19. The van der Waals surface area contributed by atoms with Crippen LogP contribution in [-0.2, 0) is 11.3 Å². The first kappa shape index (κ1) is 20.3. The van der Waals surface area contributed by atoms with Crippen LogP contribution in [0.1, 0.15) is 21.5 Å². The highest BCUT2D eigenvalue weighted by molar-refractivity contribution is 5.94. The third-order valence-corrected chi connectivity index (χ3v) is 4.68. The van der Waals surface area contributed by atoms with Crippen molar-refractivity contribution in [2.24, 2.45) is 0 Å². The maximum absolute atomic E-state index is 12.4. The number of hydrogen-bond donors (Lipinski definition) is 0. The average molecular weight is 392 g/mol. The second-order valence-corrected chi connectivity index (χ2v) is 6.52. The Morgan fingerprint density at radius 1 is 0.828 bits per heavy atom. The van der Waals surface area contributed by atoms with E-state index < -0.39 is 5.97 Å². The van der Waals surface area contributed by atoms with Crippen molar-refractivity contribution in [2.75, 3.05) is 21.3 Å². The second kappa shape index (κ2) is 9.15. The van der Waals surface area contributed by atoms with Crippen LogP contribution in [0.4, 0.5) is 0 Å². The quantitative estimate of drug-likeness (QED) is 0.527. The number of carbonyl (C=O) groups is 1. The molecule has 0 spiro atoms. The van der Waals surface area contributed by atoms with E-state index in [2.05, 4.69) is 0 Å². The van der Waals surface area contributed by atoms with Crippen LogP contribution in [0.5, 0.6) is 17.2 Å². The number of benzene rings is 3. The van der Waals surface area contributed by atoms with Crippen LogP contribution in [0.3, 0.4) is 0 Å². The predicted molar refractivity (Wildman–Crippen MR) is 112 cm³/mol. The van der Waals surface area contributed by atoms with Gasteiger partial charge in [0, 0.05) is 0 Å². The fraction of sp³-hybridized carbons (Fsp3) is 0.208. The number of ether oxygens (including phenoxy) is 4. The third kappa shape index (κ3) is 4.69. The van der Waals surface area contributed by atoms with E-state index in [4.69, 9.17) is 18.9 Å². The molecule has 0 radical (unpaired) electrons. The molecule has 0 heterocycles. The topological polar surface area (TPSA) is 54.0 Å². The Kier molecular flexibility index (Phi) is 6.39. The standard InChI is InChI=1S/C24H24O5/c1-16-13-20(27-3)10-11-21(16)18-7-12-23(22(14-18)24(25)28-4)29-15-17-5-8-19(26-2)9-6-17/h5-14H,15H2,1-4H3. The minimum Gasteiger partial charge on any atom is -0.497 e. The van der Waals surface area contributed by atoms with Crippen LogP contribution in [-0.4, -0.2) is 27.3 Å². The summed E-state index contributed by atoms with van der Waals surface area (Å²) in [5.41, 5.74) is 4.32. The second-order valence-electron chi connectivity index (χ2n) is 6.52. The molecule has 5 heteroatoms. The van der Waals surface area contributed by atoms with E-state index >= 15 is 0 Å². The Labute approximate surface area is 170 Å². The summed E-state index contributed by atoms with van der Waals surface area (Å²) in [7, 11) is 4.62. The molecule has 0 unspecified atom stereocenters. The summed E-state index contributed by atoms with van der Waals surface area (Å²) in [5.74, 6) is 1.60. The highest BCUT2D eigenvalue weighted by atomic mass is 16.5. The molecule has 3 aromatic carbocycles. The van der Waals surface area contributed by atoms with Crippen molar-refractivity contribution in [3.8, 4) is 28.4 Å². The largest absolute Gasteiger partial charge is 0.497 e. The Morgan fingerprint density at radius 3 is 2.14 bits per heavy atom. The molecule has 0 N–H and O–H groups in total. The molecular weight excluding hydrogens is 368 g/mol. The van der Waals surface area contributed by atoms with Gasteiger partial charge >= 0.3 is 5.97 Å². The van der Waals surface area contributed by atoms with Crippen LogP contribution < -0.4 is 14.2 Å². The molecule has 3 rings (SSSR count). The van der Waals surface area contributed by atoms with Crippen LogP contribution in [0, 0.1) is 6.92 Å². The van der Waals surface area contributed by atoms with Crippen molar-refractivity contribution in [1.82, 2.24) is 0 Å². The van der Waals surface area contributed by atoms with Crippen LogP contribution in [0.2, 0.25) is 0 Å². The zero-order valence-electron chi connectivity index (χ0n) is 17.0. The summed E-state index contributed by atoms with van der Waals surface area (Å²) < 4.78 is 21.3. The van der Waals surface area contributed by atoms with Crippen molar-refractivity contribution in [1.29, 1.82) is 0 Å². The van der Waals surface area contributed by atoms with Gasteiger partial charge in [0.15, 0.2) is 0 Å². The number of methoxy groups -OCH3 is 3. The number of esters is 1. The summed E-state index contributed by atoms with van der Waals surface area (Å²) in [6.07, 6.45) is 0. The predicted octanol–water partition coefficient (Wildman–Crippen LogP) is 5.04. The molecule has 29 heavy (non-hydrogen) atoms. The van der Waals surface area contributed by atoms with Gasteiger partial charge in [-0.1, -0.05) is 24.3 Å². The summed E-state index contributed by atoms with van der Waals surface area (Å²) in [6.45, 7) is 2.33. The lowest BCUT2D eigenvalue weighted by molar-refractivity contribution is 0.0595. The first-order chi connectivity index (χ1) is 14.0. The maximum Gasteiger partial charge on any atom is 0.341 e. The van der Waals surface area contributed by atoms with Gasteiger partial charge in [-0.2, -0.15) is 0 Å². The van der Waals surface area contributed by atoms with Gasteiger partial charge < -0.3 is 18.9 Å². The van der Waals surface area contributed by atoms with E-state index in [1.807, 2.05) is 55.5 Å². The number of aryl methyl sites for hydroxylation is 1. The van der Waals surface area contributed by atoms with Gasteiger partial charge in [0.2, 0.25) is 0 Å². The van der Waals surface area contributed by atoms with Crippen molar-refractivity contribution in [3.05, 3.63) is 77.4 Å². The Balaban J connectivity index is 1.88. The lowest BCUT2D eigenvalue weighted by Crippen LogP contribution is -2.06. The van der Waals surface area contributed by atoms with Gasteiger partial charge in [0.25, 0.3) is 0 Å². The van der Waals surface area contributed by atoms with Crippen molar-refractivity contribution in [3.63, 3.8) is 0 Å². The molecule has 0 saturated heterocycles. The van der Waals surface area contributed by atoms with Gasteiger partial charge in [-0.15, -0.1) is 0 Å². The van der Waals surface area contributed by atoms with Gasteiger partial charge in [-0.3, -0.25) is 0 Å². The van der Waals surface area contributed by atoms with Crippen LogP contribution >= 0.6 is 0 Å². The fourth-order valence-corrected chi connectivity index (χ4v) is 3.06. The Morgan fingerprint density at radius 2 is 1.52 bits per heavy atom. The van der Waals surface area contributed by atoms with Gasteiger partial charge in [-0.25, -0.2) is 4.79 Å². The van der Waals surface area contributed by atoms with Crippen LogP contribution in [0.15, 0.2) is 60.7 Å². The summed E-state index contributed by atoms with van der Waals surface area (Å²) >= 11 is 0. The minimum atomic E-state index is -0.442. The normalized spacial score (nSPS) is 10.3. The molecule has 150 valence electrons. The first-order valence-electron chi connectivity index (χ1n) is 9.19. The number of rotatable bonds is 7. The lowest BCUT2D eigenvalue weighted by Gasteiger charge is -2.14. The molecule has 0 bridgehead atoms. The highest BCUT2D eigenvalue weighted by Crippen LogP contribution is 2.31. The van der Waals surface area contributed by atoms with Gasteiger partial charge in [-0.05, 0) is 65.6 Å². The van der Waals surface area contributed by atoms with E-state index in [0.29, 0.717) is 17.9 Å². The zero-order valence-corrected chi connectivity index (χ0v) is 17.0. The maximum atomic E-state index is 12.4. The third-order valence-electron chi connectivity index (χ3n) is 4.68. The molecule has 0 atom stereocenters. The minimum absolute atomic E-state index is 0.328. The average Bonchev–Trinajstić information content (AvgIpc) is 2.77. The molecule has 3 aromatic rings. The molecule has 0 saturated carbocycles. The monoisotopic (exact) mass is 392 g/mol. The lowest BCUT2D eigenvalue weighted by atomic mass is 9.98.